The van der Waals surface area contributed by atoms with E-state index in [0.717, 1.165) is 30.1 Å². The molecule has 0 aromatic carbocycles. The number of hydrogen-bond donors (Lipinski definition) is 0. The Morgan fingerprint density at radius 2 is 2.38 bits per heavy atom. The molecule has 0 amide bonds. The van der Waals surface area contributed by atoms with Crippen molar-refractivity contribution in [1.29, 1.82) is 0 Å². The number of Topliss-reactive ketones (excluding diaryl/α,β-unsaturated/α-hetero) is 1. The lowest BCUT2D eigenvalue weighted by atomic mass is 9.91. The summed E-state index contributed by atoms with van der Waals surface area (Å²) in [5.74, 6) is 0.661. The third-order valence-corrected chi connectivity index (χ3v) is 4.40. The van der Waals surface area contributed by atoms with E-state index in [1.807, 2.05) is 13.1 Å². The number of thiophene rings is 1. The zero-order valence-electron chi connectivity index (χ0n) is 9.41. The van der Waals surface area contributed by atoms with Gasteiger partial charge in [-0.1, -0.05) is 11.6 Å². The predicted octanol–water partition coefficient (Wildman–Crippen LogP) is 2.85. The zero-order valence-corrected chi connectivity index (χ0v) is 11.0. The molecule has 1 aromatic rings. The highest BCUT2D eigenvalue weighted by molar-refractivity contribution is 7.16. The van der Waals surface area contributed by atoms with Gasteiger partial charge < -0.3 is 0 Å². The van der Waals surface area contributed by atoms with Crippen molar-refractivity contribution in [2.75, 3.05) is 20.1 Å². The van der Waals surface area contributed by atoms with E-state index in [1.54, 1.807) is 11.3 Å². The van der Waals surface area contributed by atoms with Gasteiger partial charge in [0.1, 0.15) is 5.78 Å². The Balaban J connectivity index is 1.84. The number of piperidine rings is 1. The topological polar surface area (TPSA) is 20.3 Å². The van der Waals surface area contributed by atoms with Crippen LogP contribution in [0.4, 0.5) is 0 Å². The molecule has 1 atom stereocenters. The molecule has 88 valence electrons. The molecule has 1 aliphatic rings. The number of carbonyl (C=O) groups excluding carboxylic acids is 1. The van der Waals surface area contributed by atoms with Gasteiger partial charge in [0, 0.05) is 10.8 Å². The number of hydrogen-bond acceptors (Lipinski definition) is 3. The molecule has 1 saturated heterocycles. The minimum Gasteiger partial charge on any atom is -0.299 e. The van der Waals surface area contributed by atoms with Gasteiger partial charge in [0.2, 0.25) is 0 Å². The molecule has 0 spiro atoms. The molecule has 0 aliphatic carbocycles. The molecule has 2 nitrogen and oxygen atoms in total. The summed E-state index contributed by atoms with van der Waals surface area (Å²) in [6.07, 6.45) is 2.97. The van der Waals surface area contributed by atoms with Crippen molar-refractivity contribution in [2.24, 2.45) is 5.92 Å². The van der Waals surface area contributed by atoms with E-state index in [1.165, 1.54) is 4.88 Å². The molecule has 4 heteroatoms. The summed E-state index contributed by atoms with van der Waals surface area (Å²) in [5, 5.41) is 0. The number of aryl methyl sites for hydroxylation is 1. The van der Waals surface area contributed by atoms with Crippen LogP contribution >= 0.6 is 22.9 Å². The van der Waals surface area contributed by atoms with Gasteiger partial charge in [0.15, 0.2) is 0 Å². The highest BCUT2D eigenvalue weighted by Crippen LogP contribution is 2.25. The minimum absolute atomic E-state index is 0.261. The van der Waals surface area contributed by atoms with Crippen LogP contribution in [0.5, 0.6) is 0 Å². The standard InChI is InChI=1S/C12H16ClNOS/c1-14-7-6-9(11(15)8-14)2-3-10-4-5-12(13)16-10/h4-5,9H,2-3,6-8H2,1H3. The van der Waals surface area contributed by atoms with Crippen LogP contribution in [0.2, 0.25) is 4.34 Å². The second kappa shape index (κ2) is 5.30. The Hall–Kier alpha value is -0.380. The molecule has 1 aliphatic heterocycles. The van der Waals surface area contributed by atoms with E-state index in [9.17, 15) is 4.79 Å². The third kappa shape index (κ3) is 3.06. The number of ketones is 1. The Bertz CT molecular complexity index is 377. The first kappa shape index (κ1) is 12.1. The fraction of sp³-hybridized carbons (Fsp3) is 0.583. The van der Waals surface area contributed by atoms with Crippen LogP contribution < -0.4 is 0 Å². The highest BCUT2D eigenvalue weighted by atomic mass is 35.5. The van der Waals surface area contributed by atoms with Gasteiger partial charge in [-0.25, -0.2) is 0 Å². The van der Waals surface area contributed by atoms with E-state index in [0.29, 0.717) is 12.3 Å². The number of rotatable bonds is 3. The number of carbonyl (C=O) groups is 1. The highest BCUT2D eigenvalue weighted by Gasteiger charge is 2.24. The minimum atomic E-state index is 0.261. The first-order chi connectivity index (χ1) is 7.65. The second-order valence-corrected chi connectivity index (χ2v) is 6.23. The smallest absolute Gasteiger partial charge is 0.149 e. The van der Waals surface area contributed by atoms with Crippen LogP contribution in [0, 0.1) is 5.92 Å². The van der Waals surface area contributed by atoms with Crippen molar-refractivity contribution in [3.05, 3.63) is 21.3 Å². The SMILES string of the molecule is CN1CCC(CCc2ccc(Cl)s2)C(=O)C1. The number of nitrogens with zero attached hydrogens (tertiary/aromatic N) is 1. The van der Waals surface area contributed by atoms with Gasteiger partial charge in [0.05, 0.1) is 10.9 Å². The molecular formula is C12H16ClNOS. The molecule has 0 radical (unpaired) electrons. The van der Waals surface area contributed by atoms with Crippen LogP contribution in [0.3, 0.4) is 0 Å². The lowest BCUT2D eigenvalue weighted by Gasteiger charge is -2.27. The van der Waals surface area contributed by atoms with Crippen LogP contribution in [0.15, 0.2) is 12.1 Å². The van der Waals surface area contributed by atoms with Crippen molar-refractivity contribution in [1.82, 2.24) is 4.90 Å². The van der Waals surface area contributed by atoms with Crippen molar-refractivity contribution < 1.29 is 4.79 Å². The summed E-state index contributed by atoms with van der Waals surface area (Å²) in [7, 11) is 2.01. The van der Waals surface area contributed by atoms with E-state index in [2.05, 4.69) is 11.0 Å². The summed E-state index contributed by atoms with van der Waals surface area (Å²) >= 11 is 7.50. The van der Waals surface area contributed by atoms with Crippen LogP contribution in [0.1, 0.15) is 17.7 Å². The van der Waals surface area contributed by atoms with Crippen molar-refractivity contribution >= 4 is 28.7 Å². The summed E-state index contributed by atoms with van der Waals surface area (Å²) in [4.78, 5) is 15.2. The summed E-state index contributed by atoms with van der Waals surface area (Å²) in [5.41, 5.74) is 0. The molecule has 1 unspecified atom stereocenters. The molecule has 16 heavy (non-hydrogen) atoms. The van der Waals surface area contributed by atoms with Gasteiger partial charge in [-0.15, -0.1) is 11.3 Å². The van der Waals surface area contributed by atoms with Gasteiger partial charge in [-0.3, -0.25) is 9.69 Å². The van der Waals surface area contributed by atoms with Gasteiger partial charge >= 0.3 is 0 Å². The molecular weight excluding hydrogens is 242 g/mol. The fourth-order valence-electron chi connectivity index (χ4n) is 2.12. The summed E-state index contributed by atoms with van der Waals surface area (Å²) in [6, 6.07) is 3.99. The third-order valence-electron chi connectivity index (χ3n) is 3.11. The van der Waals surface area contributed by atoms with Crippen LogP contribution in [-0.4, -0.2) is 30.8 Å². The lowest BCUT2D eigenvalue weighted by Crippen LogP contribution is -2.38. The van der Waals surface area contributed by atoms with E-state index in [4.69, 9.17) is 11.6 Å². The van der Waals surface area contributed by atoms with Crippen LogP contribution in [0.25, 0.3) is 0 Å². The maximum atomic E-state index is 11.8. The first-order valence-electron chi connectivity index (χ1n) is 5.60. The molecule has 2 rings (SSSR count). The normalized spacial score (nSPS) is 22.6. The largest absolute Gasteiger partial charge is 0.299 e. The van der Waals surface area contributed by atoms with E-state index < -0.39 is 0 Å². The fourth-order valence-corrected chi connectivity index (χ4v) is 3.22. The number of halogens is 1. The van der Waals surface area contributed by atoms with E-state index >= 15 is 0 Å². The summed E-state index contributed by atoms with van der Waals surface area (Å²) in [6.45, 7) is 1.66. The predicted molar refractivity (Wildman–Crippen MR) is 68.3 cm³/mol. The molecule has 0 saturated carbocycles. The average Bonchev–Trinajstić information content (AvgIpc) is 2.63. The van der Waals surface area contributed by atoms with Crippen LogP contribution in [-0.2, 0) is 11.2 Å². The number of likely N-dealkylation sites (N-methyl/N-ethyl adjacent to an activating group) is 1. The van der Waals surface area contributed by atoms with Gasteiger partial charge in [0.25, 0.3) is 0 Å². The Morgan fingerprint density at radius 3 is 3.00 bits per heavy atom. The maximum absolute atomic E-state index is 11.8. The zero-order chi connectivity index (χ0) is 11.5. The maximum Gasteiger partial charge on any atom is 0.149 e. The molecule has 1 aromatic heterocycles. The molecule has 1 fully saturated rings. The lowest BCUT2D eigenvalue weighted by molar-refractivity contribution is -0.126. The molecule has 0 N–H and O–H groups in total. The monoisotopic (exact) mass is 257 g/mol. The first-order valence-corrected chi connectivity index (χ1v) is 6.80. The quantitative estimate of drug-likeness (QED) is 0.830. The Kier molecular flexibility index (Phi) is 4.00. The van der Waals surface area contributed by atoms with Crippen molar-refractivity contribution in [2.45, 2.75) is 19.3 Å². The second-order valence-electron chi connectivity index (χ2n) is 4.43. The van der Waals surface area contributed by atoms with E-state index in [-0.39, 0.29) is 5.92 Å². The average molecular weight is 258 g/mol. The van der Waals surface area contributed by atoms with Crippen molar-refractivity contribution in [3.63, 3.8) is 0 Å². The van der Waals surface area contributed by atoms with Gasteiger partial charge in [-0.05, 0) is 45.0 Å². The Labute approximate surface area is 105 Å². The Morgan fingerprint density at radius 1 is 1.56 bits per heavy atom. The summed E-state index contributed by atoms with van der Waals surface area (Å²) < 4.78 is 0.838. The van der Waals surface area contributed by atoms with Gasteiger partial charge in [-0.2, -0.15) is 0 Å². The van der Waals surface area contributed by atoms with Crippen molar-refractivity contribution in [3.8, 4) is 0 Å². The molecule has 0 bridgehead atoms. The number of likely N-dealkylation sites (tertiary alicyclic amines) is 1. The molecule has 2 heterocycles.